The number of ether oxygens (including phenoxy) is 1. The standard InChI is InChI=1S/C19H21BrN6O2/c1-25(2)11-12-26-10-8-17(24-26)23-19(27)22-14-7-9-21-18(13-14)28-16-6-4-3-5-15(16)20/h3-10,13H,11-12H2,1-2H3,(H2,21,22,23,24,27). The monoisotopic (exact) mass is 444 g/mol. The molecular formula is C19H21BrN6O2. The first kappa shape index (κ1) is 19.8. The van der Waals surface area contributed by atoms with E-state index in [1.807, 2.05) is 44.6 Å². The van der Waals surface area contributed by atoms with Gasteiger partial charge in [-0.3, -0.25) is 10.00 Å². The van der Waals surface area contributed by atoms with E-state index >= 15 is 0 Å². The lowest BCUT2D eigenvalue weighted by Gasteiger charge is -2.10. The predicted molar refractivity (Wildman–Crippen MR) is 112 cm³/mol. The van der Waals surface area contributed by atoms with Gasteiger partial charge in [-0.1, -0.05) is 12.1 Å². The second kappa shape index (κ2) is 9.34. The molecule has 146 valence electrons. The van der Waals surface area contributed by atoms with Gasteiger partial charge in [0.2, 0.25) is 5.88 Å². The van der Waals surface area contributed by atoms with Gasteiger partial charge in [0.05, 0.1) is 11.0 Å². The Morgan fingerprint density at radius 2 is 2.04 bits per heavy atom. The van der Waals surface area contributed by atoms with E-state index in [0.717, 1.165) is 17.6 Å². The zero-order valence-electron chi connectivity index (χ0n) is 15.6. The highest BCUT2D eigenvalue weighted by molar-refractivity contribution is 9.10. The number of hydrogen-bond acceptors (Lipinski definition) is 5. The Bertz CT molecular complexity index is 943. The molecule has 2 heterocycles. The molecule has 0 aliphatic heterocycles. The third kappa shape index (κ3) is 5.80. The number of carbonyl (C=O) groups excluding carboxylic acids is 1. The zero-order chi connectivity index (χ0) is 19.9. The van der Waals surface area contributed by atoms with Crippen LogP contribution in [0.5, 0.6) is 11.6 Å². The summed E-state index contributed by atoms with van der Waals surface area (Å²) in [5, 5.41) is 9.79. The molecule has 0 unspecified atom stereocenters. The molecule has 0 bridgehead atoms. The molecule has 3 aromatic rings. The van der Waals surface area contributed by atoms with Gasteiger partial charge in [-0.25, -0.2) is 9.78 Å². The Hall–Kier alpha value is -2.91. The van der Waals surface area contributed by atoms with Gasteiger partial charge in [0, 0.05) is 36.8 Å². The van der Waals surface area contributed by atoms with Crippen molar-refractivity contribution < 1.29 is 9.53 Å². The molecule has 28 heavy (non-hydrogen) atoms. The van der Waals surface area contributed by atoms with E-state index in [-0.39, 0.29) is 0 Å². The molecule has 0 spiro atoms. The number of urea groups is 1. The van der Waals surface area contributed by atoms with Crippen LogP contribution in [0.25, 0.3) is 0 Å². The molecule has 1 aromatic carbocycles. The molecule has 0 saturated carbocycles. The van der Waals surface area contributed by atoms with Gasteiger partial charge in [-0.15, -0.1) is 0 Å². The zero-order valence-corrected chi connectivity index (χ0v) is 17.2. The summed E-state index contributed by atoms with van der Waals surface area (Å²) >= 11 is 3.43. The van der Waals surface area contributed by atoms with Crippen molar-refractivity contribution in [1.29, 1.82) is 0 Å². The largest absolute Gasteiger partial charge is 0.438 e. The van der Waals surface area contributed by atoms with Crippen LogP contribution in [-0.4, -0.2) is 46.3 Å². The lowest BCUT2D eigenvalue weighted by molar-refractivity contribution is 0.262. The van der Waals surface area contributed by atoms with Crippen molar-refractivity contribution in [3.8, 4) is 11.6 Å². The van der Waals surface area contributed by atoms with E-state index < -0.39 is 6.03 Å². The predicted octanol–water partition coefficient (Wildman–Crippen LogP) is 4.04. The molecule has 0 fully saturated rings. The lowest BCUT2D eigenvalue weighted by atomic mass is 10.3. The first-order valence-electron chi connectivity index (χ1n) is 8.64. The Kier molecular flexibility index (Phi) is 6.62. The minimum atomic E-state index is -0.393. The highest BCUT2D eigenvalue weighted by atomic mass is 79.9. The number of anilines is 2. The third-order valence-corrected chi connectivity index (χ3v) is 4.36. The molecular weight excluding hydrogens is 424 g/mol. The molecule has 0 aliphatic carbocycles. The summed E-state index contributed by atoms with van der Waals surface area (Å²) in [5.41, 5.74) is 0.557. The summed E-state index contributed by atoms with van der Waals surface area (Å²) in [6.07, 6.45) is 3.40. The quantitative estimate of drug-likeness (QED) is 0.574. The fourth-order valence-corrected chi connectivity index (χ4v) is 2.68. The molecule has 0 radical (unpaired) electrons. The van der Waals surface area contributed by atoms with Crippen LogP contribution >= 0.6 is 15.9 Å². The van der Waals surface area contributed by atoms with Crippen LogP contribution in [0.1, 0.15) is 0 Å². The van der Waals surface area contributed by atoms with Gasteiger partial charge in [0.25, 0.3) is 0 Å². The number of nitrogens with one attached hydrogen (secondary N) is 2. The minimum Gasteiger partial charge on any atom is -0.438 e. The van der Waals surface area contributed by atoms with Crippen molar-refractivity contribution in [2.45, 2.75) is 6.54 Å². The maximum atomic E-state index is 12.2. The summed E-state index contributed by atoms with van der Waals surface area (Å²) in [6, 6.07) is 12.2. The van der Waals surface area contributed by atoms with Gasteiger partial charge >= 0.3 is 6.03 Å². The number of pyridine rings is 1. The maximum absolute atomic E-state index is 12.2. The summed E-state index contributed by atoms with van der Waals surface area (Å²) in [5.74, 6) is 1.49. The Morgan fingerprint density at radius 1 is 1.21 bits per heavy atom. The van der Waals surface area contributed by atoms with Crippen molar-refractivity contribution in [2.75, 3.05) is 31.3 Å². The molecule has 0 saturated heterocycles. The van der Waals surface area contributed by atoms with Crippen LogP contribution in [0, 0.1) is 0 Å². The Morgan fingerprint density at radius 3 is 2.82 bits per heavy atom. The van der Waals surface area contributed by atoms with E-state index in [1.54, 1.807) is 29.1 Å². The van der Waals surface area contributed by atoms with E-state index in [1.165, 1.54) is 0 Å². The molecule has 0 atom stereocenters. The summed E-state index contributed by atoms with van der Waals surface area (Å²) in [4.78, 5) is 18.5. The second-order valence-electron chi connectivity index (χ2n) is 6.26. The number of likely N-dealkylation sites (N-methyl/N-ethyl adjacent to an activating group) is 1. The topological polar surface area (TPSA) is 84.3 Å². The number of halogens is 1. The fourth-order valence-electron chi connectivity index (χ4n) is 2.32. The Balaban J connectivity index is 1.58. The molecule has 2 amide bonds. The first-order valence-corrected chi connectivity index (χ1v) is 9.43. The SMILES string of the molecule is CN(C)CCn1ccc(NC(=O)Nc2ccnc(Oc3ccccc3Br)c2)n1. The minimum absolute atomic E-state index is 0.373. The number of benzene rings is 1. The highest BCUT2D eigenvalue weighted by Crippen LogP contribution is 2.29. The number of rotatable bonds is 7. The number of carbonyl (C=O) groups is 1. The number of amides is 2. The number of aromatic nitrogens is 3. The van der Waals surface area contributed by atoms with Crippen molar-refractivity contribution in [2.24, 2.45) is 0 Å². The molecule has 0 aliphatic rings. The summed E-state index contributed by atoms with van der Waals surface area (Å²) in [7, 11) is 4.00. The van der Waals surface area contributed by atoms with E-state index in [9.17, 15) is 4.79 Å². The molecule has 3 rings (SSSR count). The van der Waals surface area contributed by atoms with Gasteiger partial charge in [-0.05, 0) is 48.2 Å². The van der Waals surface area contributed by atoms with Crippen LogP contribution in [0.3, 0.4) is 0 Å². The van der Waals surface area contributed by atoms with Crippen LogP contribution in [0.4, 0.5) is 16.3 Å². The summed E-state index contributed by atoms with van der Waals surface area (Å²) in [6.45, 7) is 1.61. The summed E-state index contributed by atoms with van der Waals surface area (Å²) < 4.78 is 8.35. The van der Waals surface area contributed by atoms with Crippen LogP contribution in [0.2, 0.25) is 0 Å². The smallest absolute Gasteiger partial charge is 0.324 e. The van der Waals surface area contributed by atoms with Crippen LogP contribution < -0.4 is 15.4 Å². The Labute approximate surface area is 171 Å². The van der Waals surface area contributed by atoms with E-state index in [0.29, 0.717) is 23.1 Å². The molecule has 2 aromatic heterocycles. The van der Waals surface area contributed by atoms with Gasteiger partial charge < -0.3 is 15.0 Å². The van der Waals surface area contributed by atoms with E-state index in [4.69, 9.17) is 4.74 Å². The molecule has 8 nitrogen and oxygen atoms in total. The average molecular weight is 445 g/mol. The maximum Gasteiger partial charge on any atom is 0.324 e. The second-order valence-corrected chi connectivity index (χ2v) is 7.12. The van der Waals surface area contributed by atoms with Gasteiger partial charge in [-0.2, -0.15) is 5.10 Å². The normalized spacial score (nSPS) is 10.7. The van der Waals surface area contributed by atoms with Gasteiger partial charge in [0.15, 0.2) is 5.82 Å². The fraction of sp³-hybridized carbons (Fsp3) is 0.211. The number of para-hydroxylation sites is 1. The van der Waals surface area contributed by atoms with Crippen molar-refractivity contribution in [3.05, 3.63) is 59.3 Å². The van der Waals surface area contributed by atoms with Crippen molar-refractivity contribution in [3.63, 3.8) is 0 Å². The third-order valence-electron chi connectivity index (χ3n) is 3.70. The highest BCUT2D eigenvalue weighted by Gasteiger charge is 2.08. The number of nitrogens with zero attached hydrogens (tertiary/aromatic N) is 4. The molecule has 9 heteroatoms. The van der Waals surface area contributed by atoms with Crippen molar-refractivity contribution in [1.82, 2.24) is 19.7 Å². The van der Waals surface area contributed by atoms with Gasteiger partial charge in [0.1, 0.15) is 5.75 Å². The molecule has 2 N–H and O–H groups in total. The first-order chi connectivity index (χ1) is 13.5. The van der Waals surface area contributed by atoms with E-state index in [2.05, 4.69) is 41.5 Å². The average Bonchev–Trinajstić information content (AvgIpc) is 3.09. The van der Waals surface area contributed by atoms with Crippen LogP contribution in [-0.2, 0) is 6.54 Å². The lowest BCUT2D eigenvalue weighted by Crippen LogP contribution is -2.21. The van der Waals surface area contributed by atoms with Crippen LogP contribution in [0.15, 0.2) is 59.3 Å². The van der Waals surface area contributed by atoms with Crippen molar-refractivity contribution >= 4 is 33.5 Å². The number of hydrogen-bond donors (Lipinski definition) is 2.